The topological polar surface area (TPSA) is 96.6 Å². The van der Waals surface area contributed by atoms with Crippen LogP contribution in [0.5, 0.6) is 0 Å². The number of rotatable bonds is 6. The normalized spacial score (nSPS) is 12.0. The summed E-state index contributed by atoms with van der Waals surface area (Å²) in [4.78, 5) is 21.1. The lowest BCUT2D eigenvalue weighted by atomic mass is 10.1. The van der Waals surface area contributed by atoms with Crippen molar-refractivity contribution in [2.45, 2.75) is 19.4 Å². The van der Waals surface area contributed by atoms with Crippen molar-refractivity contribution in [2.24, 2.45) is 5.92 Å². The number of nitrogens with zero attached hydrogens (tertiary/aromatic N) is 4. The van der Waals surface area contributed by atoms with Gasteiger partial charge in [-0.1, -0.05) is 12.1 Å². The molecule has 0 aliphatic rings. The van der Waals surface area contributed by atoms with Crippen LogP contribution in [-0.4, -0.2) is 28.5 Å². The van der Waals surface area contributed by atoms with E-state index in [0.717, 1.165) is 0 Å². The van der Waals surface area contributed by atoms with Crippen molar-refractivity contribution in [3.05, 3.63) is 40.4 Å². The molecule has 2 rings (SSSR count). The van der Waals surface area contributed by atoms with Crippen molar-refractivity contribution >= 4 is 10.9 Å². The highest BCUT2D eigenvalue weighted by Gasteiger charge is 2.12. The number of para-hydroxylation sites is 1. The Hall–Kier alpha value is -2.70. The molecule has 0 radical (unpaired) electrons. The molecule has 6 nitrogen and oxygen atoms in total. The van der Waals surface area contributed by atoms with E-state index in [1.54, 1.807) is 18.2 Å². The number of nitriles is 2. The molecule has 0 saturated heterocycles. The van der Waals surface area contributed by atoms with Crippen LogP contribution >= 0.6 is 0 Å². The molecule has 0 aliphatic heterocycles. The van der Waals surface area contributed by atoms with Gasteiger partial charge in [0.2, 0.25) is 0 Å². The maximum atomic E-state index is 12.0. The minimum atomic E-state index is -0.197. The second-order valence-electron chi connectivity index (χ2n) is 5.25. The summed E-state index contributed by atoms with van der Waals surface area (Å²) in [7, 11) is 1.87. The van der Waals surface area contributed by atoms with Gasteiger partial charge in [0, 0.05) is 13.0 Å². The summed E-state index contributed by atoms with van der Waals surface area (Å²) < 4.78 is 0. The molecule has 0 fully saturated rings. The van der Waals surface area contributed by atoms with Crippen LogP contribution in [-0.2, 0) is 6.54 Å². The average molecular weight is 295 g/mol. The fourth-order valence-electron chi connectivity index (χ4n) is 2.34. The smallest absolute Gasteiger partial charge is 0.258 e. The molecule has 1 aromatic carbocycles. The summed E-state index contributed by atoms with van der Waals surface area (Å²) >= 11 is 0. The lowest BCUT2D eigenvalue weighted by Gasteiger charge is -2.18. The fraction of sp³-hybridized carbons (Fsp3) is 0.375. The van der Waals surface area contributed by atoms with Crippen LogP contribution in [0.4, 0.5) is 0 Å². The highest BCUT2D eigenvalue weighted by Crippen LogP contribution is 2.10. The predicted molar refractivity (Wildman–Crippen MR) is 82.6 cm³/mol. The van der Waals surface area contributed by atoms with Crippen LogP contribution in [0, 0.1) is 28.6 Å². The zero-order chi connectivity index (χ0) is 15.9. The molecule has 0 saturated carbocycles. The Balaban J connectivity index is 2.09. The summed E-state index contributed by atoms with van der Waals surface area (Å²) in [6.45, 7) is 0.986. The Bertz CT molecular complexity index is 783. The fourth-order valence-corrected chi connectivity index (χ4v) is 2.34. The van der Waals surface area contributed by atoms with Gasteiger partial charge in [-0.3, -0.25) is 9.69 Å². The molecule has 6 heteroatoms. The Morgan fingerprint density at radius 2 is 2.14 bits per heavy atom. The lowest BCUT2D eigenvalue weighted by molar-refractivity contribution is 0.283. The number of nitrogens with one attached hydrogen (secondary N) is 1. The van der Waals surface area contributed by atoms with E-state index in [0.29, 0.717) is 42.7 Å². The molecule has 22 heavy (non-hydrogen) atoms. The van der Waals surface area contributed by atoms with Gasteiger partial charge >= 0.3 is 0 Å². The monoisotopic (exact) mass is 295 g/mol. The van der Waals surface area contributed by atoms with Crippen LogP contribution in [0.25, 0.3) is 10.9 Å². The number of H-pyrrole nitrogens is 1. The number of aromatic amines is 1. The van der Waals surface area contributed by atoms with Gasteiger partial charge in [-0.05, 0) is 25.6 Å². The quantitative estimate of drug-likeness (QED) is 0.876. The van der Waals surface area contributed by atoms with Gasteiger partial charge in [0.05, 0.1) is 35.5 Å². The van der Waals surface area contributed by atoms with E-state index in [4.69, 9.17) is 10.5 Å². The van der Waals surface area contributed by atoms with Gasteiger partial charge in [-0.2, -0.15) is 10.5 Å². The Kier molecular flexibility index (Phi) is 5.24. The standard InChI is InChI=1S/C16H17N5O/c1-21(10-12(9-18)5-4-8-17)11-15-19-14-7-3-2-6-13(14)16(22)20-15/h2-3,6-7,12H,4-5,10-11H2,1H3,(H,19,20,22)/t12-/m1/s1. The zero-order valence-electron chi connectivity index (χ0n) is 12.4. The molecule has 1 atom stereocenters. The lowest BCUT2D eigenvalue weighted by Crippen LogP contribution is -2.27. The molecule has 0 aliphatic carbocycles. The Morgan fingerprint density at radius 1 is 1.36 bits per heavy atom. The SMILES string of the molecule is CN(Cc1nc2ccccc2c(=O)[nH]1)C[C@@H](C#N)CCC#N. The second-order valence-corrected chi connectivity index (χ2v) is 5.25. The molecule has 112 valence electrons. The first-order valence-electron chi connectivity index (χ1n) is 7.07. The molecular formula is C16H17N5O. The van der Waals surface area contributed by atoms with E-state index in [2.05, 4.69) is 22.1 Å². The first-order valence-corrected chi connectivity index (χ1v) is 7.07. The van der Waals surface area contributed by atoms with E-state index in [1.165, 1.54) is 0 Å². The zero-order valence-corrected chi connectivity index (χ0v) is 12.4. The highest BCUT2D eigenvalue weighted by atomic mass is 16.1. The van der Waals surface area contributed by atoms with Crippen LogP contribution < -0.4 is 5.56 Å². The van der Waals surface area contributed by atoms with Crippen molar-refractivity contribution < 1.29 is 0 Å². The molecule has 2 aromatic rings. The first kappa shape index (κ1) is 15.7. The number of hydrogen-bond donors (Lipinski definition) is 1. The average Bonchev–Trinajstić information content (AvgIpc) is 2.51. The van der Waals surface area contributed by atoms with Gasteiger partial charge in [0.1, 0.15) is 5.82 Å². The number of fused-ring (bicyclic) bond motifs is 1. The summed E-state index contributed by atoms with van der Waals surface area (Å²) in [5.41, 5.74) is 0.506. The minimum Gasteiger partial charge on any atom is -0.309 e. The predicted octanol–water partition coefficient (Wildman–Crippen LogP) is 1.80. The molecule has 1 heterocycles. The summed E-state index contributed by atoms with van der Waals surface area (Å²) in [5.74, 6) is 0.375. The molecule has 0 unspecified atom stereocenters. The van der Waals surface area contributed by atoms with Crippen molar-refractivity contribution in [2.75, 3.05) is 13.6 Å². The highest BCUT2D eigenvalue weighted by molar-refractivity contribution is 5.77. The van der Waals surface area contributed by atoms with Gasteiger partial charge in [0.25, 0.3) is 5.56 Å². The Labute approximate surface area is 128 Å². The molecule has 1 N–H and O–H groups in total. The van der Waals surface area contributed by atoms with Crippen molar-refractivity contribution in [3.8, 4) is 12.1 Å². The van der Waals surface area contributed by atoms with Crippen LogP contribution in [0.2, 0.25) is 0 Å². The maximum Gasteiger partial charge on any atom is 0.258 e. The van der Waals surface area contributed by atoms with E-state index in [9.17, 15) is 4.79 Å². The first-order chi connectivity index (χ1) is 10.6. The van der Waals surface area contributed by atoms with Crippen molar-refractivity contribution in [1.29, 1.82) is 10.5 Å². The molecule has 0 spiro atoms. The van der Waals surface area contributed by atoms with Crippen LogP contribution in [0.1, 0.15) is 18.7 Å². The third kappa shape index (κ3) is 3.91. The third-order valence-electron chi connectivity index (χ3n) is 3.40. The second kappa shape index (κ2) is 7.35. The van der Waals surface area contributed by atoms with Crippen molar-refractivity contribution in [1.82, 2.24) is 14.9 Å². The van der Waals surface area contributed by atoms with Crippen molar-refractivity contribution in [3.63, 3.8) is 0 Å². The minimum absolute atomic E-state index is 0.157. The third-order valence-corrected chi connectivity index (χ3v) is 3.40. The maximum absolute atomic E-state index is 12.0. The molecule has 0 bridgehead atoms. The molecule has 1 aromatic heterocycles. The Morgan fingerprint density at radius 3 is 2.86 bits per heavy atom. The van der Waals surface area contributed by atoms with E-state index in [-0.39, 0.29) is 11.5 Å². The van der Waals surface area contributed by atoms with Crippen LogP contribution in [0.3, 0.4) is 0 Å². The molecule has 0 amide bonds. The summed E-state index contributed by atoms with van der Waals surface area (Å²) in [6, 6.07) is 11.5. The van der Waals surface area contributed by atoms with Gasteiger partial charge in [-0.25, -0.2) is 4.98 Å². The summed E-state index contributed by atoms with van der Waals surface area (Å²) in [6.07, 6.45) is 0.927. The molecular weight excluding hydrogens is 278 g/mol. The number of benzene rings is 1. The summed E-state index contributed by atoms with van der Waals surface area (Å²) in [5, 5.41) is 18.2. The number of hydrogen-bond acceptors (Lipinski definition) is 5. The van der Waals surface area contributed by atoms with Gasteiger partial charge in [0.15, 0.2) is 0 Å². The van der Waals surface area contributed by atoms with E-state index >= 15 is 0 Å². The number of aromatic nitrogens is 2. The van der Waals surface area contributed by atoms with Gasteiger partial charge < -0.3 is 4.98 Å². The van der Waals surface area contributed by atoms with E-state index < -0.39 is 0 Å². The van der Waals surface area contributed by atoms with E-state index in [1.807, 2.05) is 18.0 Å². The largest absolute Gasteiger partial charge is 0.309 e. The van der Waals surface area contributed by atoms with Gasteiger partial charge in [-0.15, -0.1) is 0 Å². The van der Waals surface area contributed by atoms with Crippen LogP contribution in [0.15, 0.2) is 29.1 Å².